The second kappa shape index (κ2) is 7.68. The molecule has 1 rings (SSSR count). The molecule has 0 aliphatic rings. The SMILES string of the molecule is C#CCN(CC#CC)C(=O)Nc1cccc(OC)c1. The summed E-state index contributed by atoms with van der Waals surface area (Å²) in [5, 5.41) is 2.75. The van der Waals surface area contributed by atoms with Gasteiger partial charge in [0, 0.05) is 11.8 Å². The summed E-state index contributed by atoms with van der Waals surface area (Å²) in [5.74, 6) is 8.66. The van der Waals surface area contributed by atoms with E-state index < -0.39 is 0 Å². The number of urea groups is 1. The predicted octanol–water partition coefficient (Wildman–Crippen LogP) is 2.19. The molecule has 0 atom stereocenters. The molecule has 1 aromatic rings. The lowest BCUT2D eigenvalue weighted by molar-refractivity contribution is 0.223. The first kappa shape index (κ1) is 14.5. The number of hydrogen-bond acceptors (Lipinski definition) is 2. The van der Waals surface area contributed by atoms with E-state index in [1.807, 2.05) is 0 Å². The van der Waals surface area contributed by atoms with Crippen LogP contribution in [-0.2, 0) is 0 Å². The van der Waals surface area contributed by atoms with Gasteiger partial charge < -0.3 is 15.0 Å². The molecule has 0 aliphatic heterocycles. The summed E-state index contributed by atoms with van der Waals surface area (Å²) in [7, 11) is 1.57. The van der Waals surface area contributed by atoms with Crippen molar-refractivity contribution in [1.82, 2.24) is 4.90 Å². The van der Waals surface area contributed by atoms with Crippen molar-refractivity contribution in [1.29, 1.82) is 0 Å². The summed E-state index contributed by atoms with van der Waals surface area (Å²) in [6, 6.07) is 6.83. The molecule has 0 spiro atoms. The molecule has 4 heteroatoms. The number of ether oxygens (including phenoxy) is 1. The van der Waals surface area contributed by atoms with E-state index >= 15 is 0 Å². The third kappa shape index (κ3) is 4.65. The minimum Gasteiger partial charge on any atom is -0.497 e. The number of anilines is 1. The van der Waals surface area contributed by atoms with Gasteiger partial charge in [-0.05, 0) is 19.1 Å². The van der Waals surface area contributed by atoms with E-state index in [0.717, 1.165) is 0 Å². The topological polar surface area (TPSA) is 41.6 Å². The molecule has 98 valence electrons. The fraction of sp³-hybridized carbons (Fsp3) is 0.267. The maximum absolute atomic E-state index is 12.0. The number of benzene rings is 1. The van der Waals surface area contributed by atoms with Crippen molar-refractivity contribution in [2.24, 2.45) is 0 Å². The van der Waals surface area contributed by atoms with Gasteiger partial charge >= 0.3 is 6.03 Å². The van der Waals surface area contributed by atoms with Crippen molar-refractivity contribution in [3.63, 3.8) is 0 Å². The zero-order valence-corrected chi connectivity index (χ0v) is 11.1. The van der Waals surface area contributed by atoms with Gasteiger partial charge in [0.2, 0.25) is 0 Å². The Hall–Kier alpha value is -2.59. The number of nitrogens with zero attached hydrogens (tertiary/aromatic N) is 1. The molecule has 0 saturated carbocycles. The summed E-state index contributed by atoms with van der Waals surface area (Å²) >= 11 is 0. The number of nitrogens with one attached hydrogen (secondary N) is 1. The van der Waals surface area contributed by atoms with Gasteiger partial charge in [-0.1, -0.05) is 17.9 Å². The third-order valence-electron chi connectivity index (χ3n) is 2.34. The first-order valence-corrected chi connectivity index (χ1v) is 5.74. The number of methoxy groups -OCH3 is 1. The summed E-state index contributed by atoms with van der Waals surface area (Å²) in [5.41, 5.74) is 0.649. The molecule has 1 N–H and O–H groups in total. The molecule has 0 unspecified atom stereocenters. The summed E-state index contributed by atoms with van der Waals surface area (Å²) in [6.07, 6.45) is 5.24. The number of amides is 2. The number of rotatable bonds is 4. The highest BCUT2D eigenvalue weighted by atomic mass is 16.5. The van der Waals surface area contributed by atoms with Gasteiger partial charge in [0.1, 0.15) is 5.75 Å². The molecule has 0 aliphatic carbocycles. The molecule has 1 aromatic carbocycles. The Morgan fingerprint density at radius 3 is 2.89 bits per heavy atom. The van der Waals surface area contributed by atoms with E-state index in [1.54, 1.807) is 38.3 Å². The van der Waals surface area contributed by atoms with E-state index in [0.29, 0.717) is 18.0 Å². The second-order valence-corrected chi connectivity index (χ2v) is 3.65. The standard InChI is InChI=1S/C15H16N2O2/c1-4-6-11-17(10-5-2)15(18)16-13-8-7-9-14(12-13)19-3/h2,7-9,12H,10-11H2,1,3H3,(H,16,18). The van der Waals surface area contributed by atoms with Crippen LogP contribution in [-0.4, -0.2) is 31.1 Å². The summed E-state index contributed by atoms with van der Waals surface area (Å²) in [4.78, 5) is 13.5. The lowest BCUT2D eigenvalue weighted by Gasteiger charge is -2.18. The van der Waals surface area contributed by atoms with Crippen LogP contribution >= 0.6 is 0 Å². The van der Waals surface area contributed by atoms with Gasteiger partial charge in [-0.3, -0.25) is 0 Å². The normalized spacial score (nSPS) is 8.68. The van der Waals surface area contributed by atoms with E-state index in [9.17, 15) is 4.79 Å². The Balaban J connectivity index is 2.74. The van der Waals surface area contributed by atoms with Crippen LogP contribution in [0.2, 0.25) is 0 Å². The van der Waals surface area contributed by atoms with Gasteiger partial charge in [0.15, 0.2) is 0 Å². The molecule has 0 fully saturated rings. The van der Waals surface area contributed by atoms with E-state index in [2.05, 4.69) is 23.1 Å². The Morgan fingerprint density at radius 2 is 2.26 bits per heavy atom. The first-order valence-electron chi connectivity index (χ1n) is 5.74. The molecular weight excluding hydrogens is 240 g/mol. The quantitative estimate of drug-likeness (QED) is 0.839. The van der Waals surface area contributed by atoms with E-state index in [4.69, 9.17) is 11.2 Å². The number of hydrogen-bond donors (Lipinski definition) is 1. The van der Waals surface area contributed by atoms with Crippen molar-refractivity contribution in [3.05, 3.63) is 24.3 Å². The van der Waals surface area contributed by atoms with Gasteiger partial charge in [0.25, 0.3) is 0 Å². The lowest BCUT2D eigenvalue weighted by Crippen LogP contribution is -2.35. The molecule has 0 radical (unpaired) electrons. The molecule has 0 saturated heterocycles. The molecule has 0 heterocycles. The fourth-order valence-corrected chi connectivity index (χ4v) is 1.39. The number of carbonyl (C=O) groups excluding carboxylic acids is 1. The van der Waals surface area contributed by atoms with Crippen LogP contribution in [0.5, 0.6) is 5.75 Å². The van der Waals surface area contributed by atoms with Crippen LogP contribution < -0.4 is 10.1 Å². The van der Waals surface area contributed by atoms with Gasteiger partial charge in [-0.25, -0.2) is 4.79 Å². The van der Waals surface area contributed by atoms with Crippen molar-refractivity contribution in [2.45, 2.75) is 6.92 Å². The highest BCUT2D eigenvalue weighted by Crippen LogP contribution is 2.16. The first-order chi connectivity index (χ1) is 9.21. The van der Waals surface area contributed by atoms with Crippen LogP contribution in [0.4, 0.5) is 10.5 Å². The van der Waals surface area contributed by atoms with Crippen LogP contribution in [0.1, 0.15) is 6.92 Å². The van der Waals surface area contributed by atoms with Crippen LogP contribution in [0.3, 0.4) is 0 Å². The van der Waals surface area contributed by atoms with Gasteiger partial charge in [-0.15, -0.1) is 12.3 Å². The van der Waals surface area contributed by atoms with Crippen molar-refractivity contribution in [2.75, 3.05) is 25.5 Å². The Kier molecular flexibility index (Phi) is 5.85. The fourth-order valence-electron chi connectivity index (χ4n) is 1.39. The minimum atomic E-state index is -0.283. The summed E-state index contributed by atoms with van der Waals surface area (Å²) in [6.45, 7) is 2.23. The second-order valence-electron chi connectivity index (χ2n) is 3.65. The monoisotopic (exact) mass is 256 g/mol. The van der Waals surface area contributed by atoms with Crippen LogP contribution in [0, 0.1) is 24.2 Å². The maximum Gasteiger partial charge on any atom is 0.323 e. The zero-order chi connectivity index (χ0) is 14.1. The molecule has 0 bridgehead atoms. The van der Waals surface area contributed by atoms with Gasteiger partial charge in [0.05, 0.1) is 20.2 Å². The molecule has 19 heavy (non-hydrogen) atoms. The number of terminal acetylenes is 1. The van der Waals surface area contributed by atoms with Crippen molar-refractivity contribution < 1.29 is 9.53 Å². The van der Waals surface area contributed by atoms with Crippen molar-refractivity contribution >= 4 is 11.7 Å². The van der Waals surface area contributed by atoms with Crippen molar-refractivity contribution in [3.8, 4) is 29.9 Å². The third-order valence-corrected chi connectivity index (χ3v) is 2.34. The Labute approximate surface area is 113 Å². The lowest BCUT2D eigenvalue weighted by atomic mass is 10.3. The highest BCUT2D eigenvalue weighted by molar-refractivity contribution is 5.89. The maximum atomic E-state index is 12.0. The highest BCUT2D eigenvalue weighted by Gasteiger charge is 2.11. The Morgan fingerprint density at radius 1 is 1.47 bits per heavy atom. The predicted molar refractivity (Wildman–Crippen MR) is 75.9 cm³/mol. The molecular formula is C15H16N2O2. The summed E-state index contributed by atoms with van der Waals surface area (Å²) < 4.78 is 5.09. The average molecular weight is 256 g/mol. The van der Waals surface area contributed by atoms with E-state index in [1.165, 1.54) is 4.90 Å². The average Bonchev–Trinajstić information content (AvgIpc) is 2.43. The zero-order valence-electron chi connectivity index (χ0n) is 11.1. The van der Waals surface area contributed by atoms with Crippen LogP contribution in [0.25, 0.3) is 0 Å². The van der Waals surface area contributed by atoms with E-state index in [-0.39, 0.29) is 12.6 Å². The minimum absolute atomic E-state index is 0.213. The molecule has 4 nitrogen and oxygen atoms in total. The Bertz CT molecular complexity index is 535. The smallest absolute Gasteiger partial charge is 0.323 e. The number of carbonyl (C=O) groups is 1. The van der Waals surface area contributed by atoms with Gasteiger partial charge in [-0.2, -0.15) is 0 Å². The molecule has 0 aromatic heterocycles. The molecule has 2 amide bonds. The van der Waals surface area contributed by atoms with Crippen LogP contribution in [0.15, 0.2) is 24.3 Å². The largest absolute Gasteiger partial charge is 0.497 e.